The quantitative estimate of drug-likeness (QED) is 0.877. The minimum absolute atomic E-state index is 0.195. The van der Waals surface area contributed by atoms with Gasteiger partial charge in [0.25, 0.3) is 0 Å². The van der Waals surface area contributed by atoms with E-state index in [0.29, 0.717) is 12.0 Å². The molecule has 1 spiro atoms. The van der Waals surface area contributed by atoms with Gasteiger partial charge in [-0.15, -0.1) is 0 Å². The lowest BCUT2D eigenvalue weighted by atomic mass is 10.0. The summed E-state index contributed by atoms with van der Waals surface area (Å²) < 4.78 is 0. The summed E-state index contributed by atoms with van der Waals surface area (Å²) in [4.78, 5) is 18.8. The van der Waals surface area contributed by atoms with E-state index < -0.39 is 5.54 Å². The van der Waals surface area contributed by atoms with Crippen LogP contribution in [0.4, 0.5) is 0 Å². The minimum Gasteiger partial charge on any atom is -0.336 e. The molecule has 0 radical (unpaired) electrons. The van der Waals surface area contributed by atoms with E-state index in [1.807, 2.05) is 37.1 Å². The van der Waals surface area contributed by atoms with E-state index in [1.165, 1.54) is 12.8 Å². The van der Waals surface area contributed by atoms with Crippen molar-refractivity contribution in [2.24, 2.45) is 5.41 Å². The third-order valence-electron chi connectivity index (χ3n) is 4.31. The zero-order valence-corrected chi connectivity index (χ0v) is 11.6. The average Bonchev–Trinajstić information content (AvgIpc) is 3.17. The Morgan fingerprint density at radius 1 is 1.42 bits per heavy atom. The summed E-state index contributed by atoms with van der Waals surface area (Å²) in [7, 11) is 0. The fraction of sp³-hybridized carbons (Fsp3) is 0.600. The molecule has 2 fully saturated rings. The molecular weight excluding hydrogens is 238 g/mol. The molecule has 1 aromatic rings. The van der Waals surface area contributed by atoms with Crippen LogP contribution in [-0.4, -0.2) is 34.4 Å². The molecule has 4 heteroatoms. The van der Waals surface area contributed by atoms with Crippen LogP contribution >= 0.6 is 0 Å². The summed E-state index contributed by atoms with van der Waals surface area (Å²) in [5.41, 5.74) is 0.962. The molecule has 2 heterocycles. The third kappa shape index (κ3) is 2.50. The van der Waals surface area contributed by atoms with Crippen molar-refractivity contribution in [3.8, 4) is 0 Å². The van der Waals surface area contributed by atoms with Gasteiger partial charge in [0, 0.05) is 37.4 Å². The number of carbonyl (C=O) groups excluding carboxylic acids is 1. The van der Waals surface area contributed by atoms with Gasteiger partial charge in [-0.2, -0.15) is 0 Å². The summed E-state index contributed by atoms with van der Waals surface area (Å²) >= 11 is 0. The van der Waals surface area contributed by atoms with Crippen molar-refractivity contribution in [1.29, 1.82) is 0 Å². The van der Waals surface area contributed by atoms with Crippen LogP contribution in [0, 0.1) is 5.41 Å². The molecule has 4 nitrogen and oxygen atoms in total. The second-order valence-corrected chi connectivity index (χ2v) is 6.50. The number of carbonyl (C=O) groups is 1. The van der Waals surface area contributed by atoms with Gasteiger partial charge in [-0.3, -0.25) is 9.78 Å². The Labute approximate surface area is 114 Å². The molecule has 0 atom stereocenters. The highest BCUT2D eigenvalue weighted by Crippen LogP contribution is 2.47. The molecule has 3 rings (SSSR count). The summed E-state index contributed by atoms with van der Waals surface area (Å²) in [5, 5.41) is 3.43. The van der Waals surface area contributed by atoms with E-state index in [1.54, 1.807) is 6.20 Å². The smallest absolute Gasteiger partial charge is 0.242 e. The van der Waals surface area contributed by atoms with Crippen LogP contribution in [0.2, 0.25) is 0 Å². The van der Waals surface area contributed by atoms with Gasteiger partial charge in [0.2, 0.25) is 5.91 Å². The molecule has 0 bridgehead atoms. The lowest BCUT2D eigenvalue weighted by Crippen LogP contribution is -2.51. The number of rotatable bonds is 2. The summed E-state index contributed by atoms with van der Waals surface area (Å²) in [6.07, 6.45) is 6.07. The molecule has 102 valence electrons. The first-order chi connectivity index (χ1) is 9.01. The van der Waals surface area contributed by atoms with Gasteiger partial charge in [-0.1, -0.05) is 6.07 Å². The molecular formula is C15H21N3O. The molecule has 1 saturated carbocycles. The second kappa shape index (κ2) is 4.30. The Bertz CT molecular complexity index is 479. The maximum atomic E-state index is 12.6. The molecule has 19 heavy (non-hydrogen) atoms. The molecule has 1 aliphatic heterocycles. The van der Waals surface area contributed by atoms with Crippen molar-refractivity contribution in [1.82, 2.24) is 15.2 Å². The maximum absolute atomic E-state index is 12.6. The number of hydrogen-bond donors (Lipinski definition) is 1. The molecule has 1 saturated heterocycles. The summed E-state index contributed by atoms with van der Waals surface area (Å²) in [5.74, 6) is 0.195. The maximum Gasteiger partial charge on any atom is 0.242 e. The van der Waals surface area contributed by atoms with Gasteiger partial charge < -0.3 is 10.2 Å². The zero-order valence-electron chi connectivity index (χ0n) is 11.6. The topological polar surface area (TPSA) is 45.2 Å². The number of pyridine rings is 1. The first-order valence-corrected chi connectivity index (χ1v) is 6.94. The molecule has 2 aliphatic rings. The van der Waals surface area contributed by atoms with E-state index in [2.05, 4.69) is 10.3 Å². The van der Waals surface area contributed by atoms with Gasteiger partial charge in [0.15, 0.2) is 0 Å². The van der Waals surface area contributed by atoms with Gasteiger partial charge in [0.05, 0.1) is 5.54 Å². The van der Waals surface area contributed by atoms with Crippen molar-refractivity contribution in [2.75, 3.05) is 13.1 Å². The number of nitrogens with zero attached hydrogens (tertiary/aromatic N) is 2. The van der Waals surface area contributed by atoms with E-state index in [9.17, 15) is 4.79 Å². The van der Waals surface area contributed by atoms with Crippen molar-refractivity contribution < 1.29 is 4.79 Å². The van der Waals surface area contributed by atoms with E-state index >= 15 is 0 Å². The number of aromatic nitrogens is 1. The van der Waals surface area contributed by atoms with Gasteiger partial charge in [-0.25, -0.2) is 0 Å². The average molecular weight is 259 g/mol. The number of amides is 1. The van der Waals surface area contributed by atoms with Crippen LogP contribution in [0.3, 0.4) is 0 Å². The molecule has 1 amide bonds. The predicted octanol–water partition coefficient (Wildman–Crippen LogP) is 1.57. The van der Waals surface area contributed by atoms with Crippen molar-refractivity contribution >= 4 is 5.91 Å². The normalized spacial score (nSPS) is 24.3. The first-order valence-electron chi connectivity index (χ1n) is 6.94. The minimum atomic E-state index is -0.464. The first kappa shape index (κ1) is 12.6. The highest BCUT2D eigenvalue weighted by atomic mass is 16.2. The van der Waals surface area contributed by atoms with E-state index in [0.717, 1.165) is 18.7 Å². The fourth-order valence-electron chi connectivity index (χ4n) is 2.76. The lowest BCUT2D eigenvalue weighted by Gasteiger charge is -2.29. The van der Waals surface area contributed by atoms with Crippen LogP contribution < -0.4 is 5.32 Å². The lowest BCUT2D eigenvalue weighted by molar-refractivity contribution is -0.137. The Kier molecular flexibility index (Phi) is 2.86. The third-order valence-corrected chi connectivity index (χ3v) is 4.31. The fourth-order valence-corrected chi connectivity index (χ4v) is 2.76. The van der Waals surface area contributed by atoms with E-state index in [-0.39, 0.29) is 5.91 Å². The van der Waals surface area contributed by atoms with Crippen molar-refractivity contribution in [3.63, 3.8) is 0 Å². The zero-order chi connectivity index (χ0) is 13.5. The van der Waals surface area contributed by atoms with Gasteiger partial charge in [-0.05, 0) is 38.3 Å². The molecule has 1 aliphatic carbocycles. The van der Waals surface area contributed by atoms with Gasteiger partial charge in [0.1, 0.15) is 0 Å². The van der Waals surface area contributed by atoms with Crippen LogP contribution in [0.25, 0.3) is 0 Å². The Hall–Kier alpha value is -1.42. The monoisotopic (exact) mass is 259 g/mol. The van der Waals surface area contributed by atoms with Crippen LogP contribution in [0.1, 0.15) is 32.3 Å². The largest absolute Gasteiger partial charge is 0.336 e. The Morgan fingerprint density at radius 2 is 2.21 bits per heavy atom. The SMILES string of the molecule is CC1(C)NCC2(CC2)CN(Cc2cccnc2)C1=O. The molecule has 0 unspecified atom stereocenters. The molecule has 1 aromatic heterocycles. The molecule has 1 N–H and O–H groups in total. The highest BCUT2D eigenvalue weighted by Gasteiger charge is 2.49. The number of nitrogens with one attached hydrogen (secondary N) is 1. The van der Waals surface area contributed by atoms with E-state index in [4.69, 9.17) is 0 Å². The van der Waals surface area contributed by atoms with Crippen LogP contribution in [0.5, 0.6) is 0 Å². The standard InChI is InChI=1S/C15H21N3O/c1-14(2)13(19)18(9-12-4-3-7-16-8-12)11-15(5-6-15)10-17-14/h3-4,7-8,17H,5-6,9-11H2,1-2H3. The Balaban J connectivity index is 1.82. The van der Waals surface area contributed by atoms with Gasteiger partial charge >= 0.3 is 0 Å². The number of hydrogen-bond acceptors (Lipinski definition) is 3. The van der Waals surface area contributed by atoms with Crippen LogP contribution in [-0.2, 0) is 11.3 Å². The second-order valence-electron chi connectivity index (χ2n) is 6.50. The summed E-state index contributed by atoms with van der Waals surface area (Å²) in [6, 6.07) is 3.96. The highest BCUT2D eigenvalue weighted by molar-refractivity contribution is 5.86. The molecule has 0 aromatic carbocycles. The predicted molar refractivity (Wildman–Crippen MR) is 73.4 cm³/mol. The van der Waals surface area contributed by atoms with Crippen LogP contribution in [0.15, 0.2) is 24.5 Å². The van der Waals surface area contributed by atoms with Crippen molar-refractivity contribution in [3.05, 3.63) is 30.1 Å². The van der Waals surface area contributed by atoms with Crippen molar-refractivity contribution in [2.45, 2.75) is 38.8 Å². The Morgan fingerprint density at radius 3 is 2.84 bits per heavy atom. The summed E-state index contributed by atoms with van der Waals surface area (Å²) in [6.45, 7) is 6.45.